The first-order valence-corrected chi connectivity index (χ1v) is 8.80. The molecule has 0 amide bonds. The molecule has 2 heterocycles. The van der Waals surface area contributed by atoms with Crippen molar-refractivity contribution in [3.63, 3.8) is 0 Å². The fourth-order valence-corrected chi connectivity index (χ4v) is 3.90. The number of nitrogens with zero attached hydrogens (tertiary/aromatic N) is 3. The van der Waals surface area contributed by atoms with E-state index in [1.807, 2.05) is 37.3 Å². The lowest BCUT2D eigenvalue weighted by Crippen LogP contribution is -2.05. The predicted molar refractivity (Wildman–Crippen MR) is 99.2 cm³/mol. The van der Waals surface area contributed by atoms with Gasteiger partial charge in [-0.15, -0.1) is 0 Å². The smallest absolute Gasteiger partial charge is 0.181 e. The number of aromatic amines is 1. The molecule has 4 aromatic rings. The summed E-state index contributed by atoms with van der Waals surface area (Å²) in [4.78, 5) is 3.96. The predicted octanol–water partition coefficient (Wildman–Crippen LogP) is 4.46. The number of aromatic nitrogens is 3. The molecule has 0 spiro atoms. The Balaban J connectivity index is 1.50. The van der Waals surface area contributed by atoms with E-state index in [4.69, 9.17) is 9.15 Å². The van der Waals surface area contributed by atoms with E-state index >= 15 is 0 Å². The van der Waals surface area contributed by atoms with Crippen LogP contribution in [0, 0.1) is 18.3 Å². The van der Waals surface area contributed by atoms with Crippen molar-refractivity contribution < 1.29 is 9.15 Å². The quantitative estimate of drug-likeness (QED) is 0.585. The topological polar surface area (TPSA) is 87.7 Å². The third kappa shape index (κ3) is 2.56. The third-order valence-electron chi connectivity index (χ3n) is 5.08. The van der Waals surface area contributed by atoms with Crippen LogP contribution >= 0.6 is 0 Å². The average molecular weight is 356 g/mol. The summed E-state index contributed by atoms with van der Waals surface area (Å²) in [5, 5.41) is 17.5. The molecule has 6 heteroatoms. The van der Waals surface area contributed by atoms with Crippen LogP contribution in [-0.4, -0.2) is 15.2 Å². The molecule has 0 fully saturated rings. The largest absolute Gasteiger partial charge is 0.486 e. The van der Waals surface area contributed by atoms with Gasteiger partial charge in [0.1, 0.15) is 17.5 Å². The first-order chi connectivity index (χ1) is 13.2. The van der Waals surface area contributed by atoms with Gasteiger partial charge in [-0.1, -0.05) is 0 Å². The minimum atomic E-state index is -0.00850. The molecule has 0 bridgehead atoms. The summed E-state index contributed by atoms with van der Waals surface area (Å²) in [5.74, 6) is 1.40. The van der Waals surface area contributed by atoms with Gasteiger partial charge in [0, 0.05) is 5.39 Å². The van der Waals surface area contributed by atoms with E-state index in [2.05, 4.69) is 21.3 Å². The lowest BCUT2D eigenvalue weighted by molar-refractivity contribution is 0.207. The van der Waals surface area contributed by atoms with Gasteiger partial charge >= 0.3 is 0 Å². The van der Waals surface area contributed by atoms with Gasteiger partial charge in [0.15, 0.2) is 12.2 Å². The van der Waals surface area contributed by atoms with Crippen molar-refractivity contribution in [3.05, 3.63) is 65.2 Å². The Morgan fingerprint density at radius 1 is 1.30 bits per heavy atom. The van der Waals surface area contributed by atoms with E-state index in [1.54, 1.807) is 6.20 Å². The monoisotopic (exact) mass is 356 g/mol. The van der Waals surface area contributed by atoms with Crippen LogP contribution in [0.1, 0.15) is 34.8 Å². The highest BCUT2D eigenvalue weighted by atomic mass is 16.5. The highest BCUT2D eigenvalue weighted by molar-refractivity contribution is 5.92. The first kappa shape index (κ1) is 15.6. The molecule has 0 saturated carbocycles. The van der Waals surface area contributed by atoms with Crippen molar-refractivity contribution in [2.24, 2.45) is 0 Å². The molecule has 27 heavy (non-hydrogen) atoms. The number of nitriles is 1. The SMILES string of the molecule is Cc1cc(C#N)cc2c1[C@@H](Oc1ccc3[nH]nc(-c4cnco4)c3c1)CC2. The number of benzene rings is 2. The highest BCUT2D eigenvalue weighted by Crippen LogP contribution is 2.39. The number of oxazole rings is 1. The maximum absolute atomic E-state index is 9.18. The molecule has 2 aromatic heterocycles. The van der Waals surface area contributed by atoms with Crippen LogP contribution in [0.2, 0.25) is 0 Å². The van der Waals surface area contributed by atoms with Crippen molar-refractivity contribution >= 4 is 10.9 Å². The van der Waals surface area contributed by atoms with E-state index in [0.717, 1.165) is 40.8 Å². The van der Waals surface area contributed by atoms with Gasteiger partial charge in [-0.2, -0.15) is 10.4 Å². The van der Waals surface area contributed by atoms with Crippen LogP contribution in [0.3, 0.4) is 0 Å². The lowest BCUT2D eigenvalue weighted by Gasteiger charge is -2.17. The van der Waals surface area contributed by atoms with Gasteiger partial charge in [-0.05, 0) is 66.8 Å². The normalized spacial score (nSPS) is 15.6. The maximum atomic E-state index is 9.18. The Morgan fingerprint density at radius 2 is 2.22 bits per heavy atom. The van der Waals surface area contributed by atoms with Gasteiger partial charge in [0.2, 0.25) is 0 Å². The first-order valence-electron chi connectivity index (χ1n) is 8.80. The summed E-state index contributed by atoms with van der Waals surface area (Å²) in [6.07, 6.45) is 4.86. The zero-order valence-electron chi connectivity index (χ0n) is 14.7. The van der Waals surface area contributed by atoms with Crippen molar-refractivity contribution in [1.82, 2.24) is 15.2 Å². The number of nitrogens with one attached hydrogen (secondary N) is 1. The summed E-state index contributed by atoms with van der Waals surface area (Å²) in [6, 6.07) is 12.0. The highest BCUT2D eigenvalue weighted by Gasteiger charge is 2.27. The van der Waals surface area contributed by atoms with Gasteiger partial charge in [0.25, 0.3) is 0 Å². The summed E-state index contributed by atoms with van der Waals surface area (Å²) in [5.41, 5.74) is 5.87. The van der Waals surface area contributed by atoms with E-state index in [1.165, 1.54) is 17.5 Å². The standard InChI is InChI=1S/C21H16N4O2/c1-12-6-13(9-22)7-14-2-5-18(20(12)14)27-15-3-4-17-16(8-15)21(25-24-17)19-10-23-11-26-19/h3-4,6-8,10-11,18H,2,5H2,1H3,(H,24,25)/t18-/m0/s1. The number of hydrogen-bond acceptors (Lipinski definition) is 5. The molecule has 0 saturated heterocycles. The van der Waals surface area contributed by atoms with Crippen LogP contribution in [0.25, 0.3) is 22.4 Å². The van der Waals surface area contributed by atoms with Crippen molar-refractivity contribution in [2.75, 3.05) is 0 Å². The van der Waals surface area contributed by atoms with Gasteiger partial charge < -0.3 is 9.15 Å². The number of aryl methyl sites for hydroxylation is 2. The zero-order chi connectivity index (χ0) is 18.4. The van der Waals surface area contributed by atoms with Crippen molar-refractivity contribution in [3.8, 4) is 23.3 Å². The van der Waals surface area contributed by atoms with E-state index in [9.17, 15) is 5.26 Å². The van der Waals surface area contributed by atoms with E-state index < -0.39 is 0 Å². The second kappa shape index (κ2) is 5.99. The molecule has 132 valence electrons. The third-order valence-corrected chi connectivity index (χ3v) is 5.08. The minimum Gasteiger partial charge on any atom is -0.486 e. The summed E-state index contributed by atoms with van der Waals surface area (Å²) in [6.45, 7) is 2.04. The van der Waals surface area contributed by atoms with Crippen LogP contribution in [0.15, 0.2) is 47.3 Å². The van der Waals surface area contributed by atoms with Crippen LogP contribution in [0.4, 0.5) is 0 Å². The Morgan fingerprint density at radius 3 is 3.04 bits per heavy atom. The van der Waals surface area contributed by atoms with E-state index in [0.29, 0.717) is 11.3 Å². The zero-order valence-corrected chi connectivity index (χ0v) is 14.7. The molecule has 5 rings (SSSR count). The Labute approximate surface area is 155 Å². The summed E-state index contributed by atoms with van der Waals surface area (Å²) in [7, 11) is 0. The molecular weight excluding hydrogens is 340 g/mol. The van der Waals surface area contributed by atoms with Crippen molar-refractivity contribution in [1.29, 1.82) is 5.26 Å². The number of rotatable bonds is 3. The van der Waals surface area contributed by atoms with Gasteiger partial charge in [-0.3, -0.25) is 5.10 Å². The minimum absolute atomic E-state index is 0.00850. The van der Waals surface area contributed by atoms with Gasteiger partial charge in [0.05, 0.1) is 23.3 Å². The van der Waals surface area contributed by atoms with Gasteiger partial charge in [-0.25, -0.2) is 4.98 Å². The molecular formula is C21H16N4O2. The molecule has 1 aliphatic rings. The second-order valence-corrected chi connectivity index (χ2v) is 6.77. The molecule has 1 aliphatic carbocycles. The Kier molecular flexibility index (Phi) is 3.47. The maximum Gasteiger partial charge on any atom is 0.181 e. The molecule has 0 radical (unpaired) electrons. The molecule has 1 atom stereocenters. The molecule has 6 nitrogen and oxygen atoms in total. The lowest BCUT2D eigenvalue weighted by atomic mass is 10.00. The van der Waals surface area contributed by atoms with E-state index in [-0.39, 0.29) is 6.10 Å². The van der Waals surface area contributed by atoms with Crippen LogP contribution < -0.4 is 4.74 Å². The second-order valence-electron chi connectivity index (χ2n) is 6.77. The fraction of sp³-hybridized carbons (Fsp3) is 0.190. The molecule has 1 N–H and O–H groups in total. The number of H-pyrrole nitrogens is 1. The molecule has 0 aliphatic heterocycles. The summed E-state index contributed by atoms with van der Waals surface area (Å²) >= 11 is 0. The molecule has 0 unspecified atom stereocenters. The van der Waals surface area contributed by atoms with Crippen molar-refractivity contribution in [2.45, 2.75) is 25.9 Å². The fourth-order valence-electron chi connectivity index (χ4n) is 3.90. The molecule has 2 aromatic carbocycles. The summed E-state index contributed by atoms with van der Waals surface area (Å²) < 4.78 is 11.7. The number of ether oxygens (including phenoxy) is 1. The Hall–Kier alpha value is -3.59. The average Bonchev–Trinajstić information content (AvgIpc) is 3.40. The number of hydrogen-bond donors (Lipinski definition) is 1. The Bertz CT molecular complexity index is 1190. The van der Waals surface area contributed by atoms with Crippen LogP contribution in [-0.2, 0) is 6.42 Å². The number of fused-ring (bicyclic) bond motifs is 2. The van der Waals surface area contributed by atoms with Crippen LogP contribution in [0.5, 0.6) is 5.75 Å².